The van der Waals surface area contributed by atoms with Gasteiger partial charge < -0.3 is 15.0 Å². The number of nitrogens with zero attached hydrogens (tertiary/aromatic N) is 3. The van der Waals surface area contributed by atoms with Crippen LogP contribution in [0.3, 0.4) is 0 Å². The van der Waals surface area contributed by atoms with E-state index in [1.54, 1.807) is 37.6 Å². The van der Waals surface area contributed by atoms with E-state index >= 15 is 0 Å². The molecule has 2 amide bonds. The molecule has 2 heterocycles. The van der Waals surface area contributed by atoms with Gasteiger partial charge in [-0.15, -0.1) is 0 Å². The highest BCUT2D eigenvalue weighted by Crippen LogP contribution is 2.33. The topological polar surface area (TPSA) is 76.5 Å². The van der Waals surface area contributed by atoms with Crippen LogP contribution in [0.1, 0.15) is 42.1 Å². The summed E-state index contributed by atoms with van der Waals surface area (Å²) in [6, 6.07) is 9.11. The van der Waals surface area contributed by atoms with Crippen LogP contribution in [0.15, 0.2) is 36.5 Å². The molecule has 2 aromatic rings. The Hall–Kier alpha value is -2.83. The molecule has 4 rings (SSSR count). The minimum absolute atomic E-state index is 0.177. The number of hydrogen-bond donors (Lipinski definition) is 1. The average molecular weight is 368 g/mol. The van der Waals surface area contributed by atoms with Gasteiger partial charge in [-0.25, -0.2) is 4.68 Å². The third-order valence-corrected chi connectivity index (χ3v) is 5.31. The number of carbonyl (C=O) groups is 2. The van der Waals surface area contributed by atoms with Gasteiger partial charge in [0.25, 0.3) is 5.91 Å². The van der Waals surface area contributed by atoms with Gasteiger partial charge in [-0.2, -0.15) is 5.10 Å². The van der Waals surface area contributed by atoms with Crippen LogP contribution in [0, 0.1) is 5.92 Å². The molecule has 142 valence electrons. The molecule has 27 heavy (non-hydrogen) atoms. The van der Waals surface area contributed by atoms with E-state index in [-0.39, 0.29) is 17.9 Å². The molecule has 1 aromatic carbocycles. The summed E-state index contributed by atoms with van der Waals surface area (Å²) in [4.78, 5) is 26.9. The SMILES string of the molecule is COc1ccccc1C(=O)Nc1ccnn1C1CCN(C(=O)C2CC2)CC1. The van der Waals surface area contributed by atoms with Crippen LogP contribution in [0.4, 0.5) is 5.82 Å². The lowest BCUT2D eigenvalue weighted by Crippen LogP contribution is -2.40. The van der Waals surface area contributed by atoms with Crippen LogP contribution < -0.4 is 10.1 Å². The van der Waals surface area contributed by atoms with Gasteiger partial charge in [-0.05, 0) is 37.8 Å². The van der Waals surface area contributed by atoms with E-state index in [0.29, 0.717) is 23.0 Å². The highest BCUT2D eigenvalue weighted by molar-refractivity contribution is 6.05. The Balaban J connectivity index is 1.42. The predicted molar refractivity (Wildman–Crippen MR) is 101 cm³/mol. The van der Waals surface area contributed by atoms with E-state index in [1.165, 1.54) is 0 Å². The fourth-order valence-electron chi connectivity index (χ4n) is 3.64. The Kier molecular flexibility index (Phi) is 4.83. The molecule has 0 spiro atoms. The number of benzene rings is 1. The van der Waals surface area contributed by atoms with Crippen molar-refractivity contribution in [3.8, 4) is 5.75 Å². The van der Waals surface area contributed by atoms with Gasteiger partial charge in [0.1, 0.15) is 11.6 Å². The minimum Gasteiger partial charge on any atom is -0.496 e. The molecule has 0 atom stereocenters. The predicted octanol–water partition coefficient (Wildman–Crippen LogP) is 2.72. The summed E-state index contributed by atoms with van der Waals surface area (Å²) in [6.45, 7) is 1.50. The zero-order valence-electron chi connectivity index (χ0n) is 15.4. The van der Waals surface area contributed by atoms with Crippen LogP contribution in [-0.2, 0) is 4.79 Å². The van der Waals surface area contributed by atoms with Crippen molar-refractivity contribution in [3.63, 3.8) is 0 Å². The molecule has 1 saturated carbocycles. The van der Waals surface area contributed by atoms with Gasteiger partial charge >= 0.3 is 0 Å². The maximum absolute atomic E-state index is 12.7. The second-order valence-corrected chi connectivity index (χ2v) is 7.15. The molecule has 1 aliphatic heterocycles. The van der Waals surface area contributed by atoms with E-state index in [9.17, 15) is 9.59 Å². The maximum atomic E-state index is 12.7. The number of methoxy groups -OCH3 is 1. The van der Waals surface area contributed by atoms with E-state index in [1.807, 2.05) is 15.6 Å². The Morgan fingerprint density at radius 1 is 1.11 bits per heavy atom. The van der Waals surface area contributed by atoms with E-state index in [2.05, 4.69) is 10.4 Å². The van der Waals surface area contributed by atoms with Gasteiger partial charge in [-0.1, -0.05) is 12.1 Å². The van der Waals surface area contributed by atoms with Gasteiger partial charge in [0.05, 0.1) is 24.9 Å². The van der Waals surface area contributed by atoms with Crippen molar-refractivity contribution in [2.45, 2.75) is 31.7 Å². The molecule has 2 fully saturated rings. The molecule has 7 heteroatoms. The van der Waals surface area contributed by atoms with Gasteiger partial charge in [0, 0.05) is 25.1 Å². The molecule has 0 radical (unpaired) electrons. The first-order valence-electron chi connectivity index (χ1n) is 9.44. The lowest BCUT2D eigenvalue weighted by molar-refractivity contribution is -0.133. The maximum Gasteiger partial charge on any atom is 0.260 e. The van der Waals surface area contributed by atoms with Crippen LogP contribution >= 0.6 is 0 Å². The lowest BCUT2D eigenvalue weighted by atomic mass is 10.0. The fourth-order valence-corrected chi connectivity index (χ4v) is 3.64. The molecule has 0 bridgehead atoms. The van der Waals surface area contributed by atoms with E-state index in [0.717, 1.165) is 38.8 Å². The zero-order valence-corrected chi connectivity index (χ0v) is 15.4. The normalized spacial score (nSPS) is 17.6. The van der Waals surface area contributed by atoms with Crippen molar-refractivity contribution in [1.29, 1.82) is 0 Å². The molecular formula is C20H24N4O3. The fraction of sp³-hybridized carbons (Fsp3) is 0.450. The van der Waals surface area contributed by atoms with Gasteiger partial charge in [0.2, 0.25) is 5.91 Å². The van der Waals surface area contributed by atoms with Crippen molar-refractivity contribution >= 4 is 17.6 Å². The highest BCUT2D eigenvalue weighted by atomic mass is 16.5. The zero-order chi connectivity index (χ0) is 18.8. The summed E-state index contributed by atoms with van der Waals surface area (Å²) < 4.78 is 7.14. The van der Waals surface area contributed by atoms with Gasteiger partial charge in [-0.3, -0.25) is 9.59 Å². The Morgan fingerprint density at radius 3 is 2.56 bits per heavy atom. The van der Waals surface area contributed by atoms with Crippen LogP contribution in [0.25, 0.3) is 0 Å². The van der Waals surface area contributed by atoms with Crippen molar-refractivity contribution < 1.29 is 14.3 Å². The Bertz CT molecular complexity index is 835. The first kappa shape index (κ1) is 17.6. The summed E-state index contributed by atoms with van der Waals surface area (Å²) in [6.07, 6.45) is 5.46. The number of para-hydroxylation sites is 1. The summed E-state index contributed by atoms with van der Waals surface area (Å²) in [5, 5.41) is 7.36. The number of ether oxygens (including phenoxy) is 1. The summed E-state index contributed by atoms with van der Waals surface area (Å²) in [7, 11) is 1.55. The van der Waals surface area contributed by atoms with Crippen LogP contribution in [0.2, 0.25) is 0 Å². The van der Waals surface area contributed by atoms with Crippen molar-refractivity contribution in [2.24, 2.45) is 5.92 Å². The molecule has 1 aliphatic carbocycles. The van der Waals surface area contributed by atoms with Crippen LogP contribution in [0.5, 0.6) is 5.75 Å². The lowest BCUT2D eigenvalue weighted by Gasteiger charge is -2.32. The minimum atomic E-state index is -0.226. The summed E-state index contributed by atoms with van der Waals surface area (Å²) >= 11 is 0. The quantitative estimate of drug-likeness (QED) is 0.880. The number of likely N-dealkylation sites (tertiary alicyclic amines) is 1. The molecule has 7 nitrogen and oxygen atoms in total. The third-order valence-electron chi connectivity index (χ3n) is 5.31. The van der Waals surface area contributed by atoms with Gasteiger partial charge in [0.15, 0.2) is 0 Å². The smallest absolute Gasteiger partial charge is 0.260 e. The largest absolute Gasteiger partial charge is 0.496 e. The standard InChI is InChI=1S/C20H24N4O3/c1-27-17-5-3-2-4-16(17)19(25)22-18-8-11-21-24(18)15-9-12-23(13-10-15)20(26)14-6-7-14/h2-5,8,11,14-15H,6-7,9-10,12-13H2,1H3,(H,22,25). The first-order valence-corrected chi connectivity index (χ1v) is 9.44. The molecule has 0 unspecified atom stereocenters. The number of aromatic nitrogens is 2. The average Bonchev–Trinajstić information content (AvgIpc) is 3.47. The number of amides is 2. The molecule has 1 aromatic heterocycles. The van der Waals surface area contributed by atoms with Crippen molar-refractivity contribution in [2.75, 3.05) is 25.5 Å². The number of nitrogens with one attached hydrogen (secondary N) is 1. The first-order chi connectivity index (χ1) is 13.2. The molecule has 1 saturated heterocycles. The Morgan fingerprint density at radius 2 is 1.85 bits per heavy atom. The molecule has 2 aliphatic rings. The Labute approximate surface area is 158 Å². The van der Waals surface area contributed by atoms with Crippen LogP contribution in [-0.4, -0.2) is 46.7 Å². The number of hydrogen-bond acceptors (Lipinski definition) is 4. The molecule has 1 N–H and O–H groups in total. The number of anilines is 1. The molecular weight excluding hydrogens is 344 g/mol. The number of carbonyl (C=O) groups excluding carboxylic acids is 2. The van der Waals surface area contributed by atoms with Crippen molar-refractivity contribution in [3.05, 3.63) is 42.1 Å². The monoisotopic (exact) mass is 368 g/mol. The van der Waals surface area contributed by atoms with E-state index in [4.69, 9.17) is 4.74 Å². The second kappa shape index (κ2) is 7.42. The highest BCUT2D eigenvalue weighted by Gasteiger charge is 2.35. The summed E-state index contributed by atoms with van der Waals surface area (Å²) in [5.41, 5.74) is 0.484. The van der Waals surface area contributed by atoms with E-state index < -0.39 is 0 Å². The second-order valence-electron chi connectivity index (χ2n) is 7.15. The number of rotatable bonds is 5. The third kappa shape index (κ3) is 3.67. The van der Waals surface area contributed by atoms with Crippen molar-refractivity contribution in [1.82, 2.24) is 14.7 Å². The summed E-state index contributed by atoms with van der Waals surface area (Å²) in [5.74, 6) is 1.54. The number of piperidine rings is 1.